The van der Waals surface area contributed by atoms with Gasteiger partial charge in [-0.25, -0.2) is 9.97 Å². The summed E-state index contributed by atoms with van der Waals surface area (Å²) in [5.74, 6) is 1.27. The number of rotatable bonds is 12. The fourth-order valence-corrected chi connectivity index (χ4v) is 8.84. The Morgan fingerprint density at radius 1 is 0.600 bits per heavy atom. The van der Waals surface area contributed by atoms with Gasteiger partial charge in [-0.3, -0.25) is 0 Å². The number of hydrogen-bond acceptors (Lipinski definition) is 8. The third-order valence-corrected chi connectivity index (χ3v) is 12.0. The van der Waals surface area contributed by atoms with E-state index in [-0.39, 0.29) is 11.7 Å². The largest absolute Gasteiger partial charge is 0.497 e. The normalized spacial score (nSPS) is 11.6. The molecule has 0 unspecified atom stereocenters. The summed E-state index contributed by atoms with van der Waals surface area (Å²) >= 11 is 15.6. The van der Waals surface area contributed by atoms with Crippen LogP contribution in [0.2, 0.25) is 10.0 Å². The van der Waals surface area contributed by atoms with Crippen LogP contribution in [0.15, 0.2) is 72.8 Å². The first-order valence-corrected chi connectivity index (χ1v) is 21.2. The topological polar surface area (TPSA) is 50.7 Å². The van der Waals surface area contributed by atoms with Crippen LogP contribution in [0.4, 0.5) is 48.0 Å². The van der Waals surface area contributed by atoms with Crippen molar-refractivity contribution in [1.29, 1.82) is 0 Å². The molecule has 0 saturated carbocycles. The molecule has 0 atom stereocenters. The molecular formula is C44H44Cl2F6N4O2S2. The van der Waals surface area contributed by atoms with E-state index in [0.717, 1.165) is 51.3 Å². The molecule has 0 aliphatic rings. The number of anilines is 4. The maximum Gasteiger partial charge on any atom is 0.418 e. The van der Waals surface area contributed by atoms with Crippen molar-refractivity contribution in [3.63, 3.8) is 0 Å². The Hall–Kier alpha value is -4.50. The van der Waals surface area contributed by atoms with Gasteiger partial charge in [0.15, 0.2) is 10.3 Å². The lowest BCUT2D eigenvalue weighted by atomic mass is 10.1. The Balaban J connectivity index is 0.000000232. The van der Waals surface area contributed by atoms with E-state index in [4.69, 9.17) is 37.7 Å². The zero-order chi connectivity index (χ0) is 44.1. The highest BCUT2D eigenvalue weighted by molar-refractivity contribution is 7.16. The van der Waals surface area contributed by atoms with Gasteiger partial charge in [0.05, 0.1) is 52.5 Å². The van der Waals surface area contributed by atoms with Gasteiger partial charge >= 0.3 is 12.4 Å². The third kappa shape index (κ3) is 10.7. The van der Waals surface area contributed by atoms with E-state index in [1.54, 1.807) is 50.5 Å². The van der Waals surface area contributed by atoms with Crippen molar-refractivity contribution < 1.29 is 35.8 Å². The van der Waals surface area contributed by atoms with Crippen molar-refractivity contribution in [3.8, 4) is 34.0 Å². The molecule has 0 N–H and O–H groups in total. The van der Waals surface area contributed by atoms with E-state index in [1.807, 2.05) is 18.2 Å². The van der Waals surface area contributed by atoms with Crippen LogP contribution >= 0.6 is 45.9 Å². The van der Waals surface area contributed by atoms with Crippen LogP contribution in [0.1, 0.15) is 58.7 Å². The number of halogens is 8. The molecule has 60 heavy (non-hydrogen) atoms. The molecule has 6 nitrogen and oxygen atoms in total. The summed E-state index contributed by atoms with van der Waals surface area (Å²) in [5.41, 5.74) is 3.65. The van der Waals surface area contributed by atoms with E-state index in [9.17, 15) is 26.3 Å². The number of aromatic nitrogens is 2. The molecule has 0 aliphatic heterocycles. The van der Waals surface area contributed by atoms with Gasteiger partial charge in [-0.2, -0.15) is 26.3 Å². The molecule has 2 heterocycles. The van der Waals surface area contributed by atoms with E-state index in [1.165, 1.54) is 28.8 Å². The number of methoxy groups -OCH3 is 2. The lowest BCUT2D eigenvalue weighted by Crippen LogP contribution is -2.23. The first-order valence-electron chi connectivity index (χ1n) is 18.8. The Bertz CT molecular complexity index is 2430. The minimum atomic E-state index is -4.85. The van der Waals surface area contributed by atoms with Crippen LogP contribution in [0.3, 0.4) is 0 Å². The molecule has 0 spiro atoms. The smallest absolute Gasteiger partial charge is 0.418 e. The van der Waals surface area contributed by atoms with Gasteiger partial charge in [0.2, 0.25) is 0 Å². The first-order chi connectivity index (χ1) is 28.3. The van der Waals surface area contributed by atoms with Crippen molar-refractivity contribution in [1.82, 2.24) is 9.97 Å². The van der Waals surface area contributed by atoms with Gasteiger partial charge < -0.3 is 19.3 Å². The molecule has 0 aliphatic carbocycles. The lowest BCUT2D eigenvalue weighted by Gasteiger charge is -2.26. The molecule has 16 heteroatoms. The number of ether oxygens (including phenoxy) is 2. The molecule has 0 bridgehead atoms. The monoisotopic (exact) mass is 908 g/mol. The fraction of sp³-hybridized carbons (Fsp3) is 0.318. The quantitative estimate of drug-likeness (QED) is 0.114. The van der Waals surface area contributed by atoms with Gasteiger partial charge in [-0.15, -0.1) is 22.7 Å². The number of aryl methyl sites for hydroxylation is 4. The van der Waals surface area contributed by atoms with Crippen LogP contribution in [0.5, 0.6) is 11.5 Å². The van der Waals surface area contributed by atoms with Gasteiger partial charge in [0, 0.05) is 39.7 Å². The Morgan fingerprint density at radius 3 is 1.50 bits per heavy atom. The molecule has 6 rings (SSSR count). The Labute approximate surface area is 364 Å². The number of alkyl halides is 6. The Morgan fingerprint density at radius 2 is 1.08 bits per heavy atom. The highest BCUT2D eigenvalue weighted by atomic mass is 35.5. The zero-order valence-corrected chi connectivity index (χ0v) is 37.3. The molecule has 0 amide bonds. The van der Waals surface area contributed by atoms with Crippen LogP contribution in [-0.4, -0.2) is 37.3 Å². The summed E-state index contributed by atoms with van der Waals surface area (Å²) in [4.78, 5) is 14.8. The number of benzene rings is 4. The molecule has 320 valence electrons. The van der Waals surface area contributed by atoms with E-state index >= 15 is 0 Å². The maximum atomic E-state index is 13.7. The second kappa shape index (κ2) is 19.5. The highest BCUT2D eigenvalue weighted by Gasteiger charge is 2.39. The highest BCUT2D eigenvalue weighted by Crippen LogP contribution is 2.46. The standard InChI is InChI=1S/C22H19ClF6N2OS.C22H25ClN2OS/c1-4-9-31(18-10-13(21(24,25)26)5-8-16(18)22(27,28)29)20-30-19(12(2)33-20)15-7-6-14(32-3)11-17(15)23;1-6-11-25(20-12-14(2)7-8-15(20)3)22-24-21(16(4)27-22)18-10-9-17(26-5)13-19(18)23/h5-8,10-11H,4,9H2,1-3H3;7-10,12-13H,6,11H2,1-5H3. The molecule has 6 aromatic rings. The van der Waals surface area contributed by atoms with E-state index < -0.39 is 29.2 Å². The van der Waals surface area contributed by atoms with Crippen molar-refractivity contribution in [3.05, 3.63) is 115 Å². The van der Waals surface area contributed by atoms with Gasteiger partial charge in [0.25, 0.3) is 0 Å². The molecule has 0 saturated heterocycles. The maximum absolute atomic E-state index is 13.7. The van der Waals surface area contributed by atoms with Crippen LogP contribution in [0, 0.1) is 27.7 Å². The molecule has 0 fully saturated rings. The lowest BCUT2D eigenvalue weighted by molar-refractivity contribution is -0.141. The minimum Gasteiger partial charge on any atom is -0.497 e. The molecular weight excluding hydrogens is 866 g/mol. The Kier molecular flexibility index (Phi) is 15.1. The average Bonchev–Trinajstić information content (AvgIpc) is 3.77. The second-order valence-electron chi connectivity index (χ2n) is 13.8. The summed E-state index contributed by atoms with van der Waals surface area (Å²) in [6.07, 6.45) is -8.22. The van der Waals surface area contributed by atoms with Gasteiger partial charge in [0.1, 0.15) is 11.5 Å². The summed E-state index contributed by atoms with van der Waals surface area (Å²) in [6, 6.07) is 18.6. The molecule has 2 aromatic heterocycles. The summed E-state index contributed by atoms with van der Waals surface area (Å²) in [5, 5.41) is 2.13. The number of thiazole rings is 2. The number of hydrogen-bond donors (Lipinski definition) is 0. The predicted octanol–water partition coefficient (Wildman–Crippen LogP) is 15.3. The third-order valence-electron chi connectivity index (χ3n) is 9.37. The van der Waals surface area contributed by atoms with Crippen molar-refractivity contribution in [2.24, 2.45) is 0 Å². The van der Waals surface area contributed by atoms with Crippen LogP contribution in [-0.2, 0) is 12.4 Å². The molecule has 4 aromatic carbocycles. The van der Waals surface area contributed by atoms with Crippen molar-refractivity contribution in [2.75, 3.05) is 37.1 Å². The van der Waals surface area contributed by atoms with Gasteiger partial charge in [-0.1, -0.05) is 49.2 Å². The van der Waals surface area contributed by atoms with E-state index in [2.05, 4.69) is 55.8 Å². The van der Waals surface area contributed by atoms with Crippen LogP contribution in [0.25, 0.3) is 22.5 Å². The summed E-state index contributed by atoms with van der Waals surface area (Å²) in [6.45, 7) is 13.0. The average molecular weight is 910 g/mol. The van der Waals surface area contributed by atoms with Crippen molar-refractivity contribution in [2.45, 2.75) is 66.7 Å². The second-order valence-corrected chi connectivity index (χ2v) is 17.0. The summed E-state index contributed by atoms with van der Waals surface area (Å²) < 4.78 is 91.4. The zero-order valence-electron chi connectivity index (χ0n) is 34.2. The predicted molar refractivity (Wildman–Crippen MR) is 235 cm³/mol. The fourth-order valence-electron chi connectivity index (χ4n) is 6.39. The van der Waals surface area contributed by atoms with Crippen LogP contribution < -0.4 is 19.3 Å². The minimum absolute atomic E-state index is 0.0348. The number of nitrogens with zero attached hydrogens (tertiary/aromatic N) is 4. The molecule has 0 radical (unpaired) electrons. The van der Waals surface area contributed by atoms with Gasteiger partial charge in [-0.05, 0) is 112 Å². The van der Waals surface area contributed by atoms with E-state index in [0.29, 0.717) is 56.5 Å². The van der Waals surface area contributed by atoms with Crippen molar-refractivity contribution >= 4 is 67.5 Å². The first kappa shape index (κ1) is 46.6. The summed E-state index contributed by atoms with van der Waals surface area (Å²) in [7, 11) is 3.12. The SMILES string of the molecule is CCCN(c1nc(-c2ccc(OC)cc2Cl)c(C)s1)c1cc(C(F)(F)F)ccc1C(F)(F)F.CCCN(c1nc(-c2ccc(OC)cc2Cl)c(C)s1)c1cc(C)ccc1C.